The highest BCUT2D eigenvalue weighted by Gasteiger charge is 2.21. The van der Waals surface area contributed by atoms with Crippen LogP contribution in [0.3, 0.4) is 0 Å². The summed E-state index contributed by atoms with van der Waals surface area (Å²) in [6, 6.07) is 7.43. The highest BCUT2D eigenvalue weighted by Crippen LogP contribution is 2.14. The summed E-state index contributed by atoms with van der Waals surface area (Å²) >= 11 is 0. The quantitative estimate of drug-likeness (QED) is 0.806. The van der Waals surface area contributed by atoms with Gasteiger partial charge in [-0.15, -0.1) is 0 Å². The number of likely N-dealkylation sites (N-methyl/N-ethyl adjacent to an activating group) is 1. The zero-order valence-electron chi connectivity index (χ0n) is 9.88. The van der Waals surface area contributed by atoms with Crippen molar-refractivity contribution in [2.24, 2.45) is 0 Å². The molecule has 0 aromatic heterocycles. The van der Waals surface area contributed by atoms with Crippen LogP contribution in [0.25, 0.3) is 0 Å². The van der Waals surface area contributed by atoms with E-state index in [0.717, 1.165) is 25.7 Å². The molecule has 2 heteroatoms. The molecular formula is C13H20N2. The van der Waals surface area contributed by atoms with Gasteiger partial charge in [0.15, 0.2) is 0 Å². The monoisotopic (exact) mass is 204 g/mol. The third-order valence-corrected chi connectivity index (χ3v) is 3.31. The van der Waals surface area contributed by atoms with Crippen LogP contribution in [0.2, 0.25) is 0 Å². The number of hydrogen-bond acceptors (Lipinski definition) is 2. The summed E-state index contributed by atoms with van der Waals surface area (Å²) in [6.45, 7) is 7.71. The molecule has 82 valence electrons. The average molecular weight is 204 g/mol. The Morgan fingerprint density at radius 3 is 2.67 bits per heavy atom. The summed E-state index contributed by atoms with van der Waals surface area (Å²) in [5.41, 5.74) is 4.22. The first-order valence-electron chi connectivity index (χ1n) is 5.64. The minimum atomic E-state index is 0.727. The summed E-state index contributed by atoms with van der Waals surface area (Å²) in [5, 5.41) is 3.31. The van der Waals surface area contributed by atoms with E-state index < -0.39 is 0 Å². The van der Waals surface area contributed by atoms with E-state index in [-0.39, 0.29) is 0 Å². The Kier molecular flexibility index (Phi) is 3.08. The Hall–Kier alpha value is -0.860. The van der Waals surface area contributed by atoms with Crippen molar-refractivity contribution in [3.05, 3.63) is 34.9 Å². The minimum absolute atomic E-state index is 0.727. The van der Waals surface area contributed by atoms with Gasteiger partial charge < -0.3 is 5.32 Å². The van der Waals surface area contributed by atoms with E-state index >= 15 is 0 Å². The van der Waals surface area contributed by atoms with Crippen molar-refractivity contribution in [1.29, 1.82) is 0 Å². The molecule has 1 aliphatic heterocycles. The van der Waals surface area contributed by atoms with Gasteiger partial charge in [0.25, 0.3) is 0 Å². The first kappa shape index (κ1) is 10.7. The standard InChI is InChI=1S/C13H20N2/c1-10-4-5-11(2)12(6-10)9-15(3)13-7-14-8-13/h4-6,13-14H,7-9H2,1-3H3. The second kappa shape index (κ2) is 4.33. The first-order valence-corrected chi connectivity index (χ1v) is 5.64. The minimum Gasteiger partial charge on any atom is -0.314 e. The molecule has 1 fully saturated rings. The molecule has 1 heterocycles. The van der Waals surface area contributed by atoms with Crippen molar-refractivity contribution < 1.29 is 0 Å². The fraction of sp³-hybridized carbons (Fsp3) is 0.538. The Balaban J connectivity index is 2.05. The Labute approximate surface area is 92.3 Å². The van der Waals surface area contributed by atoms with Crippen molar-refractivity contribution in [2.45, 2.75) is 26.4 Å². The molecule has 0 radical (unpaired) electrons. The fourth-order valence-corrected chi connectivity index (χ4v) is 1.95. The maximum absolute atomic E-state index is 3.31. The second-order valence-electron chi connectivity index (χ2n) is 4.66. The number of nitrogens with zero attached hydrogens (tertiary/aromatic N) is 1. The molecule has 0 bridgehead atoms. The van der Waals surface area contributed by atoms with E-state index in [9.17, 15) is 0 Å². The predicted octanol–water partition coefficient (Wildman–Crippen LogP) is 1.71. The largest absolute Gasteiger partial charge is 0.314 e. The highest BCUT2D eigenvalue weighted by molar-refractivity contribution is 5.30. The molecule has 2 rings (SSSR count). The Bertz CT molecular complexity index is 342. The normalized spacial score (nSPS) is 16.8. The molecule has 1 aromatic carbocycles. The summed E-state index contributed by atoms with van der Waals surface area (Å²) in [6.07, 6.45) is 0. The zero-order chi connectivity index (χ0) is 10.8. The van der Waals surface area contributed by atoms with Crippen LogP contribution in [0.5, 0.6) is 0 Å². The van der Waals surface area contributed by atoms with Crippen LogP contribution >= 0.6 is 0 Å². The summed E-state index contributed by atoms with van der Waals surface area (Å²) in [4.78, 5) is 2.44. The number of hydrogen-bond donors (Lipinski definition) is 1. The van der Waals surface area contributed by atoms with Gasteiger partial charge in [-0.3, -0.25) is 4.90 Å². The van der Waals surface area contributed by atoms with Crippen molar-refractivity contribution in [3.8, 4) is 0 Å². The molecule has 0 spiro atoms. The maximum atomic E-state index is 3.31. The van der Waals surface area contributed by atoms with Crippen LogP contribution < -0.4 is 5.32 Å². The third kappa shape index (κ3) is 2.39. The van der Waals surface area contributed by atoms with Crippen LogP contribution in [0.1, 0.15) is 16.7 Å². The zero-order valence-corrected chi connectivity index (χ0v) is 9.88. The summed E-state index contributed by atoms with van der Waals surface area (Å²) in [5.74, 6) is 0. The van der Waals surface area contributed by atoms with Gasteiger partial charge in [0.2, 0.25) is 0 Å². The van der Waals surface area contributed by atoms with Crippen LogP contribution in [0, 0.1) is 13.8 Å². The van der Waals surface area contributed by atoms with Crippen LogP contribution in [-0.4, -0.2) is 31.1 Å². The van der Waals surface area contributed by atoms with E-state index in [4.69, 9.17) is 0 Å². The fourth-order valence-electron chi connectivity index (χ4n) is 1.95. The van der Waals surface area contributed by atoms with Crippen molar-refractivity contribution in [1.82, 2.24) is 10.2 Å². The molecular weight excluding hydrogens is 184 g/mol. The predicted molar refractivity (Wildman–Crippen MR) is 64.0 cm³/mol. The number of benzene rings is 1. The summed E-state index contributed by atoms with van der Waals surface area (Å²) < 4.78 is 0. The number of nitrogens with one attached hydrogen (secondary N) is 1. The third-order valence-electron chi connectivity index (χ3n) is 3.31. The van der Waals surface area contributed by atoms with Crippen molar-refractivity contribution in [3.63, 3.8) is 0 Å². The smallest absolute Gasteiger partial charge is 0.0345 e. The SMILES string of the molecule is Cc1ccc(C)c(CN(C)C2CNC2)c1. The maximum Gasteiger partial charge on any atom is 0.0345 e. The van der Waals surface area contributed by atoms with Gasteiger partial charge in [-0.1, -0.05) is 23.8 Å². The van der Waals surface area contributed by atoms with Crippen LogP contribution in [-0.2, 0) is 6.54 Å². The highest BCUT2D eigenvalue weighted by atomic mass is 15.2. The molecule has 0 atom stereocenters. The van der Waals surface area contributed by atoms with Gasteiger partial charge in [-0.05, 0) is 32.0 Å². The molecule has 15 heavy (non-hydrogen) atoms. The van der Waals surface area contributed by atoms with Gasteiger partial charge in [0.1, 0.15) is 0 Å². The molecule has 0 aliphatic carbocycles. The Morgan fingerprint density at radius 2 is 2.07 bits per heavy atom. The Morgan fingerprint density at radius 1 is 1.33 bits per heavy atom. The topological polar surface area (TPSA) is 15.3 Å². The van der Waals surface area contributed by atoms with Gasteiger partial charge >= 0.3 is 0 Å². The van der Waals surface area contributed by atoms with E-state index in [1.807, 2.05) is 0 Å². The van der Waals surface area contributed by atoms with Crippen LogP contribution in [0.15, 0.2) is 18.2 Å². The molecule has 0 unspecified atom stereocenters. The number of rotatable bonds is 3. The molecule has 1 saturated heterocycles. The van der Waals surface area contributed by atoms with E-state index in [0.29, 0.717) is 0 Å². The van der Waals surface area contributed by atoms with E-state index in [1.54, 1.807) is 0 Å². The van der Waals surface area contributed by atoms with E-state index in [2.05, 4.69) is 49.3 Å². The first-order chi connectivity index (χ1) is 7.16. The molecule has 2 nitrogen and oxygen atoms in total. The van der Waals surface area contributed by atoms with Gasteiger partial charge in [0.05, 0.1) is 0 Å². The van der Waals surface area contributed by atoms with Crippen molar-refractivity contribution in [2.75, 3.05) is 20.1 Å². The van der Waals surface area contributed by atoms with Crippen LogP contribution in [0.4, 0.5) is 0 Å². The molecule has 1 aliphatic rings. The van der Waals surface area contributed by atoms with Gasteiger partial charge in [-0.2, -0.15) is 0 Å². The van der Waals surface area contributed by atoms with Gasteiger partial charge in [-0.25, -0.2) is 0 Å². The molecule has 0 saturated carbocycles. The van der Waals surface area contributed by atoms with E-state index in [1.165, 1.54) is 16.7 Å². The lowest BCUT2D eigenvalue weighted by Gasteiger charge is -2.36. The second-order valence-corrected chi connectivity index (χ2v) is 4.66. The summed E-state index contributed by atoms with van der Waals surface area (Å²) in [7, 11) is 2.22. The van der Waals surface area contributed by atoms with Gasteiger partial charge in [0, 0.05) is 25.7 Å². The number of aryl methyl sites for hydroxylation is 2. The van der Waals surface area contributed by atoms with Crippen molar-refractivity contribution >= 4 is 0 Å². The lowest BCUT2D eigenvalue weighted by Crippen LogP contribution is -2.55. The lowest BCUT2D eigenvalue weighted by atomic mass is 10.0. The average Bonchev–Trinajstić information content (AvgIpc) is 2.08. The lowest BCUT2D eigenvalue weighted by molar-refractivity contribution is 0.173. The molecule has 1 N–H and O–H groups in total. The molecule has 0 amide bonds. The molecule has 1 aromatic rings.